The number of carboxylic acids is 1. The van der Waals surface area contributed by atoms with E-state index in [1.807, 2.05) is 0 Å². The van der Waals surface area contributed by atoms with E-state index in [2.05, 4.69) is 0 Å². The second-order valence-corrected chi connectivity index (χ2v) is 5.12. The predicted molar refractivity (Wildman–Crippen MR) is 66.0 cm³/mol. The van der Waals surface area contributed by atoms with Crippen LogP contribution in [0.25, 0.3) is 0 Å². The average molecular weight is 258 g/mol. The highest BCUT2D eigenvalue weighted by molar-refractivity contribution is 5.83. The van der Waals surface area contributed by atoms with Crippen molar-refractivity contribution in [3.8, 4) is 0 Å². The van der Waals surface area contributed by atoms with Gasteiger partial charge in [0.05, 0.1) is 11.5 Å². The maximum Gasteiger partial charge on any atom is 0.311 e. The van der Waals surface area contributed by atoms with Crippen molar-refractivity contribution in [2.24, 2.45) is 11.1 Å². The highest BCUT2D eigenvalue weighted by Gasteiger charge is 2.40. The number of piperidine rings is 1. The maximum absolute atomic E-state index is 12.1. The van der Waals surface area contributed by atoms with Gasteiger partial charge in [0.2, 0.25) is 5.91 Å². The zero-order chi connectivity index (χ0) is 13.8. The Kier molecular flexibility index (Phi) is 5.10. The minimum atomic E-state index is -0.856. The quantitative estimate of drug-likeness (QED) is 0.727. The summed E-state index contributed by atoms with van der Waals surface area (Å²) in [7, 11) is 1.56. The van der Waals surface area contributed by atoms with Crippen LogP contribution in [0.5, 0.6) is 0 Å². The van der Waals surface area contributed by atoms with Crippen LogP contribution in [0.3, 0.4) is 0 Å². The Balaban J connectivity index is 2.61. The van der Waals surface area contributed by atoms with Crippen LogP contribution >= 0.6 is 0 Å². The van der Waals surface area contributed by atoms with Gasteiger partial charge in [0.15, 0.2) is 0 Å². The molecular formula is C12H22N2O4. The first-order chi connectivity index (χ1) is 8.40. The summed E-state index contributed by atoms with van der Waals surface area (Å²) in [6, 6.07) is -0.610. The van der Waals surface area contributed by atoms with Crippen molar-refractivity contribution < 1.29 is 19.4 Å². The van der Waals surface area contributed by atoms with Gasteiger partial charge < -0.3 is 20.5 Å². The summed E-state index contributed by atoms with van der Waals surface area (Å²) in [4.78, 5) is 24.8. The van der Waals surface area contributed by atoms with Gasteiger partial charge in [0.25, 0.3) is 0 Å². The Morgan fingerprint density at radius 2 is 2.22 bits per heavy atom. The molecular weight excluding hydrogens is 236 g/mol. The van der Waals surface area contributed by atoms with E-state index in [-0.39, 0.29) is 12.5 Å². The molecule has 0 radical (unpaired) electrons. The van der Waals surface area contributed by atoms with Gasteiger partial charge in [-0.15, -0.1) is 0 Å². The first-order valence-electron chi connectivity index (χ1n) is 6.17. The third kappa shape index (κ3) is 3.43. The fourth-order valence-electron chi connectivity index (χ4n) is 2.20. The van der Waals surface area contributed by atoms with E-state index in [1.165, 1.54) is 0 Å². The van der Waals surface area contributed by atoms with Gasteiger partial charge in [-0.2, -0.15) is 0 Å². The van der Waals surface area contributed by atoms with Crippen molar-refractivity contribution in [1.82, 2.24) is 4.90 Å². The van der Waals surface area contributed by atoms with E-state index in [1.54, 1.807) is 18.9 Å². The Bertz CT molecular complexity index is 321. The summed E-state index contributed by atoms with van der Waals surface area (Å²) in [6.45, 7) is 2.93. The van der Waals surface area contributed by atoms with Gasteiger partial charge in [0.1, 0.15) is 0 Å². The number of hydrogen-bond donors (Lipinski definition) is 2. The van der Waals surface area contributed by atoms with Gasteiger partial charge in [-0.25, -0.2) is 0 Å². The predicted octanol–water partition coefficient (Wildman–Crippen LogP) is 0.0635. The largest absolute Gasteiger partial charge is 0.481 e. The molecule has 1 aliphatic rings. The van der Waals surface area contributed by atoms with Crippen LogP contribution in [0, 0.1) is 5.41 Å². The molecule has 0 aromatic heterocycles. The zero-order valence-electron chi connectivity index (χ0n) is 11.0. The number of ether oxygens (including phenoxy) is 1. The number of hydrogen-bond acceptors (Lipinski definition) is 4. The molecule has 0 aliphatic carbocycles. The van der Waals surface area contributed by atoms with Crippen LogP contribution in [0.1, 0.15) is 26.2 Å². The highest BCUT2D eigenvalue weighted by atomic mass is 16.5. The number of rotatable bonds is 5. The first-order valence-corrected chi connectivity index (χ1v) is 6.17. The van der Waals surface area contributed by atoms with Crippen LogP contribution in [-0.4, -0.2) is 54.7 Å². The number of likely N-dealkylation sites (tertiary alicyclic amines) is 1. The van der Waals surface area contributed by atoms with E-state index in [9.17, 15) is 14.7 Å². The standard InChI is InChI=1S/C12H22N2O4/c1-12(11(16)17)5-3-6-14(8-12)10(15)9(13)4-7-18-2/h9H,3-8,13H2,1-2H3,(H,16,17). The lowest BCUT2D eigenvalue weighted by Crippen LogP contribution is -2.53. The average Bonchev–Trinajstić information content (AvgIpc) is 2.34. The molecule has 6 heteroatoms. The van der Waals surface area contributed by atoms with Crippen molar-refractivity contribution in [3.05, 3.63) is 0 Å². The zero-order valence-corrected chi connectivity index (χ0v) is 11.0. The number of carboxylic acid groups (broad SMARTS) is 1. The molecule has 1 saturated heterocycles. The van der Waals surface area contributed by atoms with Crippen LogP contribution in [0.4, 0.5) is 0 Å². The number of nitrogens with two attached hydrogens (primary N) is 1. The molecule has 18 heavy (non-hydrogen) atoms. The summed E-state index contributed by atoms with van der Waals surface area (Å²) in [5.41, 5.74) is 4.93. The van der Waals surface area contributed by atoms with Gasteiger partial charge in [-0.1, -0.05) is 0 Å². The first kappa shape index (κ1) is 14.9. The molecule has 1 aliphatic heterocycles. The fraction of sp³-hybridized carbons (Fsp3) is 0.833. The van der Waals surface area contributed by atoms with Crippen LogP contribution in [0.15, 0.2) is 0 Å². The lowest BCUT2D eigenvalue weighted by molar-refractivity contribution is -0.153. The van der Waals surface area contributed by atoms with Crippen LogP contribution in [-0.2, 0) is 14.3 Å². The summed E-state index contributed by atoms with van der Waals surface area (Å²) >= 11 is 0. The topological polar surface area (TPSA) is 92.9 Å². The Hall–Kier alpha value is -1.14. The number of carbonyl (C=O) groups excluding carboxylic acids is 1. The summed E-state index contributed by atoms with van der Waals surface area (Å²) in [5, 5.41) is 9.19. The van der Waals surface area contributed by atoms with E-state index in [0.717, 1.165) is 0 Å². The molecule has 104 valence electrons. The van der Waals surface area contributed by atoms with Gasteiger partial charge >= 0.3 is 5.97 Å². The lowest BCUT2D eigenvalue weighted by Gasteiger charge is -2.38. The molecule has 0 spiro atoms. The van der Waals surface area contributed by atoms with Gasteiger partial charge in [0, 0.05) is 26.8 Å². The third-order valence-electron chi connectivity index (χ3n) is 3.47. The van der Waals surface area contributed by atoms with E-state index in [0.29, 0.717) is 32.4 Å². The second-order valence-electron chi connectivity index (χ2n) is 5.12. The van der Waals surface area contributed by atoms with Crippen LogP contribution < -0.4 is 5.73 Å². The summed E-state index contributed by atoms with van der Waals surface area (Å²) < 4.78 is 4.88. The van der Waals surface area contributed by atoms with Gasteiger partial charge in [-0.3, -0.25) is 9.59 Å². The molecule has 1 rings (SSSR count). The summed E-state index contributed by atoms with van der Waals surface area (Å²) in [5.74, 6) is -1.04. The maximum atomic E-state index is 12.1. The second kappa shape index (κ2) is 6.15. The molecule has 1 amide bonds. The number of carbonyl (C=O) groups is 2. The lowest BCUT2D eigenvalue weighted by atomic mass is 9.82. The third-order valence-corrected chi connectivity index (χ3v) is 3.47. The molecule has 1 fully saturated rings. The van der Waals surface area contributed by atoms with E-state index in [4.69, 9.17) is 10.5 Å². The minimum absolute atomic E-state index is 0.181. The molecule has 3 N–H and O–H groups in total. The number of nitrogens with zero attached hydrogens (tertiary/aromatic N) is 1. The minimum Gasteiger partial charge on any atom is -0.481 e. The molecule has 6 nitrogen and oxygen atoms in total. The van der Waals surface area contributed by atoms with E-state index >= 15 is 0 Å². The highest BCUT2D eigenvalue weighted by Crippen LogP contribution is 2.29. The van der Waals surface area contributed by atoms with Crippen LogP contribution in [0.2, 0.25) is 0 Å². The fourth-order valence-corrected chi connectivity index (χ4v) is 2.20. The Morgan fingerprint density at radius 3 is 2.78 bits per heavy atom. The molecule has 2 unspecified atom stereocenters. The molecule has 0 aromatic carbocycles. The Labute approximate surface area is 107 Å². The number of aliphatic carboxylic acids is 1. The molecule has 1 heterocycles. The van der Waals surface area contributed by atoms with Crippen molar-refractivity contribution in [2.45, 2.75) is 32.2 Å². The van der Waals surface area contributed by atoms with Crippen molar-refractivity contribution in [1.29, 1.82) is 0 Å². The molecule has 2 atom stereocenters. The summed E-state index contributed by atoms with van der Waals surface area (Å²) in [6.07, 6.45) is 1.75. The Morgan fingerprint density at radius 1 is 1.56 bits per heavy atom. The molecule has 0 saturated carbocycles. The SMILES string of the molecule is COCCC(N)C(=O)N1CCCC(C)(C(=O)O)C1. The van der Waals surface area contributed by atoms with Crippen molar-refractivity contribution >= 4 is 11.9 Å². The molecule has 0 bridgehead atoms. The van der Waals surface area contributed by atoms with Gasteiger partial charge in [-0.05, 0) is 26.2 Å². The number of amides is 1. The van der Waals surface area contributed by atoms with E-state index < -0.39 is 17.4 Å². The monoisotopic (exact) mass is 258 g/mol. The smallest absolute Gasteiger partial charge is 0.311 e. The number of methoxy groups -OCH3 is 1. The normalized spacial score (nSPS) is 25.8. The van der Waals surface area contributed by atoms with Crippen molar-refractivity contribution in [2.75, 3.05) is 26.8 Å². The van der Waals surface area contributed by atoms with Crippen molar-refractivity contribution in [3.63, 3.8) is 0 Å². The molecule has 0 aromatic rings.